The molecule has 0 radical (unpaired) electrons. The molecule has 1 fully saturated rings. The van der Waals surface area contributed by atoms with Gasteiger partial charge in [-0.1, -0.05) is 23.9 Å². The minimum Gasteiger partial charge on any atom is -0.369 e. The fourth-order valence-electron chi connectivity index (χ4n) is 4.07. The van der Waals surface area contributed by atoms with Crippen molar-refractivity contribution in [2.24, 2.45) is 11.7 Å². The van der Waals surface area contributed by atoms with Gasteiger partial charge in [-0.05, 0) is 75.5 Å². The average Bonchev–Trinajstić information content (AvgIpc) is 2.73. The van der Waals surface area contributed by atoms with Crippen molar-refractivity contribution < 1.29 is 4.79 Å². The molecule has 28 heavy (non-hydrogen) atoms. The Morgan fingerprint density at radius 2 is 1.86 bits per heavy atom. The number of carbonyl (C=O) groups excluding carboxylic acids is 1. The standard InChI is InChI=1S/C22H27N3OS2/c1-27-17-7-8-21-19(15-17)25(18-5-2-3-6-20(18)28-21)12-4-11-24-13-9-16(10-14-24)22(23)26/h2-3,5-8,15-16H,4,9-14H2,1H3,(H2,23,26). The molecule has 0 atom stereocenters. The van der Waals surface area contributed by atoms with Crippen molar-refractivity contribution in [1.82, 2.24) is 4.90 Å². The zero-order valence-electron chi connectivity index (χ0n) is 16.3. The second kappa shape index (κ2) is 8.80. The molecular weight excluding hydrogens is 386 g/mol. The summed E-state index contributed by atoms with van der Waals surface area (Å²) in [5, 5.41) is 0. The number of benzene rings is 2. The Morgan fingerprint density at radius 3 is 2.61 bits per heavy atom. The third-order valence-electron chi connectivity index (χ3n) is 5.68. The van der Waals surface area contributed by atoms with E-state index in [-0.39, 0.29) is 11.8 Å². The highest BCUT2D eigenvalue weighted by Gasteiger charge is 2.25. The Hall–Kier alpha value is -1.63. The highest BCUT2D eigenvalue weighted by atomic mass is 32.2. The first kappa shape index (κ1) is 19.7. The highest BCUT2D eigenvalue weighted by molar-refractivity contribution is 8.00. The van der Waals surface area contributed by atoms with Crippen molar-refractivity contribution in [3.8, 4) is 0 Å². The van der Waals surface area contributed by atoms with Crippen LogP contribution in [0.1, 0.15) is 19.3 Å². The summed E-state index contributed by atoms with van der Waals surface area (Å²) in [5.41, 5.74) is 8.09. The molecule has 4 nitrogen and oxygen atoms in total. The average molecular weight is 414 g/mol. The molecule has 0 spiro atoms. The Balaban J connectivity index is 1.45. The quantitative estimate of drug-likeness (QED) is 0.702. The molecule has 2 aromatic rings. The third-order valence-corrected chi connectivity index (χ3v) is 7.53. The second-order valence-corrected chi connectivity index (χ2v) is 9.39. The highest BCUT2D eigenvalue weighted by Crippen LogP contribution is 2.48. The van der Waals surface area contributed by atoms with Crippen LogP contribution in [0.15, 0.2) is 57.2 Å². The van der Waals surface area contributed by atoms with Gasteiger partial charge in [0.25, 0.3) is 0 Å². The van der Waals surface area contributed by atoms with Crippen molar-refractivity contribution in [2.75, 3.05) is 37.3 Å². The van der Waals surface area contributed by atoms with Crippen molar-refractivity contribution in [3.63, 3.8) is 0 Å². The number of amides is 1. The van der Waals surface area contributed by atoms with E-state index in [1.165, 1.54) is 26.1 Å². The van der Waals surface area contributed by atoms with Gasteiger partial charge >= 0.3 is 0 Å². The molecule has 148 valence electrons. The lowest BCUT2D eigenvalue weighted by Gasteiger charge is -2.35. The topological polar surface area (TPSA) is 49.6 Å². The molecule has 2 aliphatic heterocycles. The number of fused-ring (bicyclic) bond motifs is 2. The number of para-hydroxylation sites is 1. The van der Waals surface area contributed by atoms with Gasteiger partial charge < -0.3 is 15.5 Å². The number of rotatable bonds is 6. The fraction of sp³-hybridized carbons (Fsp3) is 0.409. The molecule has 0 unspecified atom stereocenters. The van der Waals surface area contributed by atoms with Gasteiger partial charge in [0.1, 0.15) is 0 Å². The van der Waals surface area contributed by atoms with Gasteiger partial charge in [0, 0.05) is 27.1 Å². The summed E-state index contributed by atoms with van der Waals surface area (Å²) in [6, 6.07) is 15.5. The first-order valence-electron chi connectivity index (χ1n) is 9.90. The van der Waals surface area contributed by atoms with Crippen LogP contribution in [0, 0.1) is 5.92 Å². The summed E-state index contributed by atoms with van der Waals surface area (Å²) < 4.78 is 0. The molecule has 0 bridgehead atoms. The minimum atomic E-state index is -0.136. The van der Waals surface area contributed by atoms with Crippen LogP contribution >= 0.6 is 23.5 Å². The molecule has 1 saturated heterocycles. The Morgan fingerprint density at radius 1 is 1.11 bits per heavy atom. The van der Waals surface area contributed by atoms with Crippen LogP contribution in [0.2, 0.25) is 0 Å². The van der Waals surface area contributed by atoms with Gasteiger partial charge in [-0.25, -0.2) is 0 Å². The number of piperidine rings is 1. The summed E-state index contributed by atoms with van der Waals surface area (Å²) in [5.74, 6) is -0.0673. The number of carbonyl (C=O) groups is 1. The summed E-state index contributed by atoms with van der Waals surface area (Å²) in [6.07, 6.45) is 5.03. The first-order valence-corrected chi connectivity index (χ1v) is 11.9. The number of thioether (sulfide) groups is 1. The zero-order valence-corrected chi connectivity index (χ0v) is 17.9. The van der Waals surface area contributed by atoms with Crippen LogP contribution in [0.3, 0.4) is 0 Å². The molecule has 2 heterocycles. The lowest BCUT2D eigenvalue weighted by Crippen LogP contribution is -2.39. The number of hydrogen-bond donors (Lipinski definition) is 1. The van der Waals surface area contributed by atoms with Gasteiger partial charge in [-0.15, -0.1) is 11.8 Å². The van der Waals surface area contributed by atoms with E-state index >= 15 is 0 Å². The van der Waals surface area contributed by atoms with Gasteiger partial charge in [0.15, 0.2) is 0 Å². The second-order valence-electron chi connectivity index (χ2n) is 7.43. The molecule has 2 N–H and O–H groups in total. The predicted molar refractivity (Wildman–Crippen MR) is 119 cm³/mol. The van der Waals surface area contributed by atoms with Crippen molar-refractivity contribution in [2.45, 2.75) is 33.9 Å². The summed E-state index contributed by atoms with van der Waals surface area (Å²) in [7, 11) is 0. The Labute approximate surface area is 175 Å². The maximum Gasteiger partial charge on any atom is 0.220 e. The van der Waals surface area contributed by atoms with Gasteiger partial charge in [-0.2, -0.15) is 0 Å². The number of anilines is 2. The van der Waals surface area contributed by atoms with E-state index in [0.29, 0.717) is 0 Å². The maximum absolute atomic E-state index is 11.4. The molecule has 6 heteroatoms. The van der Waals surface area contributed by atoms with Crippen molar-refractivity contribution in [1.29, 1.82) is 0 Å². The molecule has 2 aliphatic rings. The van der Waals surface area contributed by atoms with Crippen LogP contribution in [0.4, 0.5) is 11.4 Å². The summed E-state index contributed by atoms with van der Waals surface area (Å²) in [4.78, 5) is 20.3. The maximum atomic E-state index is 11.4. The molecule has 2 aromatic carbocycles. The SMILES string of the molecule is CSc1ccc2c(c1)N(CCCN1CCC(C(N)=O)CC1)c1ccccc1S2. The van der Waals surface area contributed by atoms with Crippen LogP contribution in [0.5, 0.6) is 0 Å². The Bertz CT molecular complexity index is 849. The fourth-order valence-corrected chi connectivity index (χ4v) is 5.58. The van der Waals surface area contributed by atoms with Crippen molar-refractivity contribution >= 4 is 40.8 Å². The third kappa shape index (κ3) is 4.19. The largest absolute Gasteiger partial charge is 0.369 e. The first-order chi connectivity index (χ1) is 13.7. The number of nitrogens with two attached hydrogens (primary N) is 1. The van der Waals surface area contributed by atoms with Gasteiger partial charge in [-0.3, -0.25) is 4.79 Å². The molecule has 4 rings (SSSR count). The van der Waals surface area contributed by atoms with E-state index in [4.69, 9.17) is 5.73 Å². The minimum absolute atomic E-state index is 0.0686. The molecule has 1 amide bonds. The van der Waals surface area contributed by atoms with Crippen LogP contribution < -0.4 is 10.6 Å². The van der Waals surface area contributed by atoms with Crippen LogP contribution in [0.25, 0.3) is 0 Å². The Kier molecular flexibility index (Phi) is 6.19. The smallest absolute Gasteiger partial charge is 0.220 e. The lowest BCUT2D eigenvalue weighted by atomic mass is 9.96. The van der Waals surface area contributed by atoms with E-state index in [1.54, 1.807) is 11.8 Å². The monoisotopic (exact) mass is 413 g/mol. The predicted octanol–water partition coefficient (Wildman–Crippen LogP) is 4.60. The van der Waals surface area contributed by atoms with Crippen molar-refractivity contribution in [3.05, 3.63) is 42.5 Å². The van der Waals surface area contributed by atoms with Gasteiger partial charge in [0.2, 0.25) is 5.91 Å². The van der Waals surface area contributed by atoms with E-state index in [9.17, 15) is 4.79 Å². The normalized spacial score (nSPS) is 17.2. The molecule has 0 saturated carbocycles. The van der Waals surface area contributed by atoms with Crippen LogP contribution in [-0.4, -0.2) is 43.2 Å². The number of hydrogen-bond acceptors (Lipinski definition) is 5. The summed E-state index contributed by atoms with van der Waals surface area (Å²) >= 11 is 3.66. The summed E-state index contributed by atoms with van der Waals surface area (Å²) in [6.45, 7) is 4.02. The molecule has 0 aromatic heterocycles. The van der Waals surface area contributed by atoms with Crippen LogP contribution in [-0.2, 0) is 4.79 Å². The number of primary amides is 1. The molecule has 0 aliphatic carbocycles. The number of nitrogens with zero attached hydrogens (tertiary/aromatic N) is 2. The van der Waals surface area contributed by atoms with E-state index < -0.39 is 0 Å². The number of likely N-dealkylation sites (tertiary alicyclic amines) is 1. The van der Waals surface area contributed by atoms with E-state index in [0.717, 1.165) is 45.4 Å². The lowest BCUT2D eigenvalue weighted by molar-refractivity contribution is -0.123. The van der Waals surface area contributed by atoms with Gasteiger partial charge in [0.05, 0.1) is 11.4 Å². The zero-order chi connectivity index (χ0) is 19.5. The van der Waals surface area contributed by atoms with E-state index in [2.05, 4.69) is 58.5 Å². The molecular formula is C22H27N3OS2. The van der Waals surface area contributed by atoms with E-state index in [1.807, 2.05) is 11.8 Å².